The third kappa shape index (κ3) is 2.74. The van der Waals surface area contributed by atoms with E-state index in [1.165, 1.54) is 41.8 Å². The van der Waals surface area contributed by atoms with Crippen molar-refractivity contribution in [3.63, 3.8) is 0 Å². The Morgan fingerprint density at radius 2 is 1.90 bits per heavy atom. The summed E-state index contributed by atoms with van der Waals surface area (Å²) in [6.07, 6.45) is 5.74. The van der Waals surface area contributed by atoms with Gasteiger partial charge in [0.15, 0.2) is 0 Å². The Labute approximate surface area is 127 Å². The first-order valence-electron chi connectivity index (χ1n) is 7.39. The van der Waals surface area contributed by atoms with Crippen molar-refractivity contribution in [2.45, 2.75) is 45.1 Å². The van der Waals surface area contributed by atoms with Crippen LogP contribution in [0.3, 0.4) is 0 Å². The van der Waals surface area contributed by atoms with Crippen LogP contribution in [0.4, 0.5) is 8.78 Å². The average Bonchev–Trinajstić information content (AvgIpc) is 2.74. The second kappa shape index (κ2) is 5.85. The van der Waals surface area contributed by atoms with E-state index in [0.717, 1.165) is 17.7 Å². The fourth-order valence-corrected chi connectivity index (χ4v) is 4.22. The van der Waals surface area contributed by atoms with Gasteiger partial charge in [-0.15, -0.1) is 11.3 Å². The van der Waals surface area contributed by atoms with Crippen LogP contribution >= 0.6 is 11.3 Å². The predicted molar refractivity (Wildman–Crippen MR) is 82.7 cm³/mol. The smallest absolute Gasteiger partial charge is 0.134 e. The van der Waals surface area contributed by atoms with Crippen molar-refractivity contribution in [2.75, 3.05) is 0 Å². The standard InChI is InChI=1S/C17H19F2NS/c1-10-7-8-12(18)15(16(10)19)17(20)14-9-11-5-3-2-4-6-13(11)21-14/h7-9,17H,2-6,20H2,1H3. The normalized spacial score (nSPS) is 16.4. The van der Waals surface area contributed by atoms with Crippen LogP contribution in [0.15, 0.2) is 18.2 Å². The Morgan fingerprint density at radius 1 is 1.14 bits per heavy atom. The molecule has 1 heterocycles. The molecule has 1 aliphatic carbocycles. The predicted octanol–water partition coefficient (Wildman–Crippen LogP) is 4.65. The number of hydrogen-bond donors (Lipinski definition) is 1. The number of halogens is 2. The first-order valence-corrected chi connectivity index (χ1v) is 8.21. The van der Waals surface area contributed by atoms with Crippen LogP contribution < -0.4 is 5.73 Å². The van der Waals surface area contributed by atoms with Gasteiger partial charge in [0.1, 0.15) is 11.6 Å². The lowest BCUT2D eigenvalue weighted by Crippen LogP contribution is -2.15. The molecule has 2 N–H and O–H groups in total. The summed E-state index contributed by atoms with van der Waals surface area (Å²) in [4.78, 5) is 2.21. The summed E-state index contributed by atoms with van der Waals surface area (Å²) in [5.41, 5.74) is 7.91. The van der Waals surface area contributed by atoms with Crippen LogP contribution in [-0.4, -0.2) is 0 Å². The van der Waals surface area contributed by atoms with Gasteiger partial charge >= 0.3 is 0 Å². The number of hydrogen-bond acceptors (Lipinski definition) is 2. The van der Waals surface area contributed by atoms with Gasteiger partial charge in [0.2, 0.25) is 0 Å². The molecule has 1 aliphatic rings. The SMILES string of the molecule is Cc1ccc(F)c(C(N)c2cc3c(s2)CCCCC3)c1F. The molecule has 112 valence electrons. The van der Waals surface area contributed by atoms with Gasteiger partial charge in [-0.2, -0.15) is 0 Å². The van der Waals surface area contributed by atoms with Gasteiger partial charge in [-0.25, -0.2) is 8.78 Å². The fourth-order valence-electron chi connectivity index (χ4n) is 2.95. The van der Waals surface area contributed by atoms with E-state index in [4.69, 9.17) is 5.73 Å². The lowest BCUT2D eigenvalue weighted by Gasteiger charge is -2.13. The molecule has 3 rings (SSSR count). The summed E-state index contributed by atoms with van der Waals surface area (Å²) in [7, 11) is 0. The first-order chi connectivity index (χ1) is 10.1. The molecule has 0 spiro atoms. The number of fused-ring (bicyclic) bond motifs is 1. The molecule has 1 unspecified atom stereocenters. The van der Waals surface area contributed by atoms with Crippen LogP contribution in [-0.2, 0) is 12.8 Å². The van der Waals surface area contributed by atoms with Gasteiger partial charge in [-0.1, -0.05) is 12.5 Å². The zero-order valence-electron chi connectivity index (χ0n) is 12.1. The molecule has 1 nitrogen and oxygen atoms in total. The van der Waals surface area contributed by atoms with Crippen molar-refractivity contribution >= 4 is 11.3 Å². The van der Waals surface area contributed by atoms with E-state index in [1.807, 2.05) is 0 Å². The molecule has 1 atom stereocenters. The minimum Gasteiger partial charge on any atom is -0.319 e. The highest BCUT2D eigenvalue weighted by Crippen LogP contribution is 2.35. The van der Waals surface area contributed by atoms with Gasteiger partial charge < -0.3 is 5.73 Å². The second-order valence-corrected chi connectivity index (χ2v) is 6.90. The van der Waals surface area contributed by atoms with E-state index in [9.17, 15) is 8.78 Å². The molecule has 0 saturated carbocycles. The maximum atomic E-state index is 14.2. The van der Waals surface area contributed by atoms with Crippen molar-refractivity contribution in [3.8, 4) is 0 Å². The molecule has 0 fully saturated rings. The monoisotopic (exact) mass is 307 g/mol. The Hall–Kier alpha value is -1.26. The first kappa shape index (κ1) is 14.7. The summed E-state index contributed by atoms with van der Waals surface area (Å²) in [6.45, 7) is 1.63. The molecule has 1 aromatic heterocycles. The third-order valence-corrected chi connectivity index (χ3v) is 5.52. The molecule has 0 saturated heterocycles. The minimum absolute atomic E-state index is 0.00795. The molecule has 0 bridgehead atoms. The summed E-state index contributed by atoms with van der Waals surface area (Å²) in [5.74, 6) is -1.08. The zero-order valence-corrected chi connectivity index (χ0v) is 12.9. The Bertz CT molecular complexity index is 640. The van der Waals surface area contributed by atoms with E-state index in [0.29, 0.717) is 5.56 Å². The third-order valence-electron chi connectivity index (χ3n) is 4.20. The molecule has 0 aliphatic heterocycles. The van der Waals surface area contributed by atoms with Crippen molar-refractivity contribution in [3.05, 3.63) is 56.3 Å². The number of rotatable bonds is 2. The minimum atomic E-state index is -0.721. The maximum absolute atomic E-state index is 14.2. The van der Waals surface area contributed by atoms with Crippen molar-refractivity contribution in [1.82, 2.24) is 0 Å². The van der Waals surface area contributed by atoms with Crippen LogP contribution in [0.5, 0.6) is 0 Å². The van der Waals surface area contributed by atoms with Crippen LogP contribution in [0, 0.1) is 18.6 Å². The zero-order chi connectivity index (χ0) is 15.0. The molecule has 2 aromatic rings. The second-order valence-electron chi connectivity index (χ2n) is 5.73. The van der Waals surface area contributed by atoms with Crippen LogP contribution in [0.1, 0.15) is 51.7 Å². The Kier molecular flexibility index (Phi) is 4.09. The highest BCUT2D eigenvalue weighted by Gasteiger charge is 2.23. The molecule has 21 heavy (non-hydrogen) atoms. The van der Waals surface area contributed by atoms with E-state index >= 15 is 0 Å². The summed E-state index contributed by atoms with van der Waals surface area (Å²) < 4.78 is 28.2. The van der Waals surface area contributed by atoms with E-state index < -0.39 is 17.7 Å². The number of thiophene rings is 1. The fraction of sp³-hybridized carbons (Fsp3) is 0.412. The van der Waals surface area contributed by atoms with E-state index in [1.54, 1.807) is 18.3 Å². The van der Waals surface area contributed by atoms with Crippen molar-refractivity contribution in [1.29, 1.82) is 0 Å². The van der Waals surface area contributed by atoms with Crippen LogP contribution in [0.25, 0.3) is 0 Å². The van der Waals surface area contributed by atoms with Crippen molar-refractivity contribution < 1.29 is 8.78 Å². The molecular formula is C17H19F2NS. The van der Waals surface area contributed by atoms with E-state index in [-0.39, 0.29) is 5.56 Å². The highest BCUT2D eigenvalue weighted by molar-refractivity contribution is 7.12. The molecule has 1 aromatic carbocycles. The average molecular weight is 307 g/mol. The van der Waals surface area contributed by atoms with Gasteiger partial charge in [0.25, 0.3) is 0 Å². The topological polar surface area (TPSA) is 26.0 Å². The number of benzene rings is 1. The van der Waals surface area contributed by atoms with Crippen molar-refractivity contribution in [2.24, 2.45) is 5.73 Å². The Morgan fingerprint density at radius 3 is 2.71 bits per heavy atom. The quantitative estimate of drug-likeness (QED) is 0.803. The lowest BCUT2D eigenvalue weighted by molar-refractivity contribution is 0.539. The lowest BCUT2D eigenvalue weighted by atomic mass is 10.0. The van der Waals surface area contributed by atoms with Gasteiger partial charge in [0, 0.05) is 15.3 Å². The van der Waals surface area contributed by atoms with Gasteiger partial charge in [0.05, 0.1) is 6.04 Å². The summed E-state index contributed by atoms with van der Waals surface area (Å²) >= 11 is 1.62. The van der Waals surface area contributed by atoms with E-state index in [2.05, 4.69) is 6.07 Å². The number of aryl methyl sites for hydroxylation is 3. The summed E-state index contributed by atoms with van der Waals surface area (Å²) in [6, 6.07) is 4.08. The summed E-state index contributed by atoms with van der Waals surface area (Å²) in [5, 5.41) is 0. The molecule has 0 radical (unpaired) electrons. The maximum Gasteiger partial charge on any atom is 0.134 e. The number of nitrogens with two attached hydrogens (primary N) is 1. The van der Waals surface area contributed by atoms with Gasteiger partial charge in [-0.3, -0.25) is 0 Å². The Balaban J connectivity index is 1.99. The molecule has 4 heteroatoms. The van der Waals surface area contributed by atoms with Crippen LogP contribution in [0.2, 0.25) is 0 Å². The molecule has 0 amide bonds. The molecular weight excluding hydrogens is 288 g/mol. The largest absolute Gasteiger partial charge is 0.319 e. The highest BCUT2D eigenvalue weighted by atomic mass is 32.1. The van der Waals surface area contributed by atoms with Gasteiger partial charge in [-0.05, 0) is 55.9 Å².